The Hall–Kier alpha value is -0.250. The first kappa shape index (κ1) is 15.8. The van der Waals surface area contributed by atoms with Crippen LogP contribution in [0.1, 0.15) is 19.4 Å². The van der Waals surface area contributed by atoms with Crippen LogP contribution < -0.4 is 0 Å². The van der Waals surface area contributed by atoms with E-state index in [0.717, 1.165) is 5.56 Å². The third-order valence-corrected chi connectivity index (χ3v) is 4.66. The minimum atomic E-state index is -0.173. The third kappa shape index (κ3) is 4.15. The standard InChI is InChI=1S/C13H16BrCl2NO/c1-8(2)12(14)13(18)17(3)7-9-4-5-10(15)6-11(9)16/h4-6,8,12H,7H2,1-3H3. The summed E-state index contributed by atoms with van der Waals surface area (Å²) in [7, 11) is 1.77. The summed E-state index contributed by atoms with van der Waals surface area (Å²) in [5, 5.41) is 1.18. The fourth-order valence-electron chi connectivity index (χ4n) is 1.48. The largest absolute Gasteiger partial charge is 0.340 e. The number of hydrogen-bond acceptors (Lipinski definition) is 1. The van der Waals surface area contributed by atoms with E-state index in [-0.39, 0.29) is 16.7 Å². The molecule has 0 spiro atoms. The van der Waals surface area contributed by atoms with Gasteiger partial charge in [0, 0.05) is 23.6 Å². The SMILES string of the molecule is CC(C)C(Br)C(=O)N(C)Cc1ccc(Cl)cc1Cl. The zero-order valence-corrected chi connectivity index (χ0v) is 13.7. The molecule has 1 aromatic rings. The van der Waals surface area contributed by atoms with Crippen molar-refractivity contribution in [1.82, 2.24) is 4.90 Å². The molecular formula is C13H16BrCl2NO. The summed E-state index contributed by atoms with van der Waals surface area (Å²) in [4.78, 5) is 13.6. The lowest BCUT2D eigenvalue weighted by atomic mass is 10.1. The molecule has 5 heteroatoms. The average Bonchev–Trinajstić information content (AvgIpc) is 2.30. The molecule has 0 aliphatic heterocycles. The predicted molar refractivity (Wildman–Crippen MR) is 80.5 cm³/mol. The number of alkyl halides is 1. The molecule has 1 unspecified atom stereocenters. The summed E-state index contributed by atoms with van der Waals surface area (Å²) < 4.78 is 0. The molecule has 0 radical (unpaired) electrons. The Bertz CT molecular complexity index is 437. The van der Waals surface area contributed by atoms with Crippen LogP contribution in [-0.4, -0.2) is 22.7 Å². The molecular weight excluding hydrogens is 337 g/mol. The fourth-order valence-corrected chi connectivity index (χ4v) is 2.30. The van der Waals surface area contributed by atoms with Gasteiger partial charge in [0.1, 0.15) is 0 Å². The highest BCUT2D eigenvalue weighted by Crippen LogP contribution is 2.23. The molecule has 0 aliphatic carbocycles. The summed E-state index contributed by atoms with van der Waals surface area (Å²) in [6.45, 7) is 4.48. The number of benzene rings is 1. The maximum Gasteiger partial charge on any atom is 0.236 e. The maximum atomic E-state index is 12.1. The Kier molecular flexibility index (Phi) is 5.96. The minimum absolute atomic E-state index is 0.0519. The highest BCUT2D eigenvalue weighted by atomic mass is 79.9. The zero-order chi connectivity index (χ0) is 13.9. The van der Waals surface area contributed by atoms with Crippen molar-refractivity contribution in [3.8, 4) is 0 Å². The van der Waals surface area contributed by atoms with E-state index in [9.17, 15) is 4.79 Å². The number of carbonyl (C=O) groups is 1. The number of hydrogen-bond donors (Lipinski definition) is 0. The highest BCUT2D eigenvalue weighted by Gasteiger charge is 2.22. The summed E-state index contributed by atoms with van der Waals surface area (Å²) in [5.41, 5.74) is 0.889. The minimum Gasteiger partial charge on any atom is -0.340 e. The van der Waals surface area contributed by atoms with Gasteiger partial charge in [0.25, 0.3) is 0 Å². The van der Waals surface area contributed by atoms with Crippen LogP contribution in [0.15, 0.2) is 18.2 Å². The third-order valence-electron chi connectivity index (χ3n) is 2.62. The normalized spacial score (nSPS) is 12.6. The fraction of sp³-hybridized carbons (Fsp3) is 0.462. The van der Waals surface area contributed by atoms with Gasteiger partial charge in [0.05, 0.1) is 4.83 Å². The van der Waals surface area contributed by atoms with Crippen molar-refractivity contribution >= 4 is 45.0 Å². The van der Waals surface area contributed by atoms with Gasteiger partial charge in [-0.2, -0.15) is 0 Å². The summed E-state index contributed by atoms with van der Waals surface area (Å²) in [6, 6.07) is 5.30. The lowest BCUT2D eigenvalue weighted by Crippen LogP contribution is -2.35. The number of carbonyl (C=O) groups excluding carboxylic acids is 1. The maximum absolute atomic E-state index is 12.1. The Balaban J connectivity index is 2.75. The topological polar surface area (TPSA) is 20.3 Å². The first-order valence-electron chi connectivity index (χ1n) is 5.66. The van der Waals surface area contributed by atoms with Crippen LogP contribution in [0.5, 0.6) is 0 Å². The molecule has 0 saturated heterocycles. The van der Waals surface area contributed by atoms with Gasteiger partial charge in [-0.15, -0.1) is 0 Å². The molecule has 0 bridgehead atoms. The zero-order valence-electron chi connectivity index (χ0n) is 10.6. The molecule has 100 valence electrons. The van der Waals surface area contributed by atoms with Crippen LogP contribution >= 0.6 is 39.1 Å². The Morgan fingerprint density at radius 3 is 2.50 bits per heavy atom. The van der Waals surface area contributed by atoms with E-state index in [4.69, 9.17) is 23.2 Å². The first-order valence-corrected chi connectivity index (χ1v) is 7.33. The smallest absolute Gasteiger partial charge is 0.236 e. The van der Waals surface area contributed by atoms with E-state index in [1.54, 1.807) is 24.1 Å². The average molecular weight is 353 g/mol. The second kappa shape index (κ2) is 6.78. The van der Waals surface area contributed by atoms with E-state index < -0.39 is 0 Å². The van der Waals surface area contributed by atoms with Crippen molar-refractivity contribution < 1.29 is 4.79 Å². The lowest BCUT2D eigenvalue weighted by molar-refractivity contribution is -0.130. The Labute approximate surface area is 126 Å². The van der Waals surface area contributed by atoms with E-state index in [1.165, 1.54) is 0 Å². The van der Waals surface area contributed by atoms with Gasteiger partial charge in [-0.05, 0) is 23.6 Å². The first-order chi connectivity index (χ1) is 8.32. The molecule has 1 amide bonds. The number of amides is 1. The van der Waals surface area contributed by atoms with Crippen molar-refractivity contribution in [2.75, 3.05) is 7.05 Å². The molecule has 1 atom stereocenters. The van der Waals surface area contributed by atoms with E-state index in [2.05, 4.69) is 15.9 Å². The van der Waals surface area contributed by atoms with Crippen LogP contribution in [0.4, 0.5) is 0 Å². The van der Waals surface area contributed by atoms with Crippen LogP contribution in [0.25, 0.3) is 0 Å². The van der Waals surface area contributed by atoms with Gasteiger partial charge < -0.3 is 4.90 Å². The molecule has 0 aliphatic rings. The van der Waals surface area contributed by atoms with Gasteiger partial charge in [-0.1, -0.05) is 59.0 Å². The highest BCUT2D eigenvalue weighted by molar-refractivity contribution is 9.10. The molecule has 0 aromatic heterocycles. The van der Waals surface area contributed by atoms with Crippen LogP contribution in [-0.2, 0) is 11.3 Å². The van der Waals surface area contributed by atoms with Crippen LogP contribution in [0.2, 0.25) is 10.0 Å². The van der Waals surface area contributed by atoms with Gasteiger partial charge in [-0.25, -0.2) is 0 Å². The molecule has 0 heterocycles. The summed E-state index contributed by atoms with van der Waals surface area (Å²) >= 11 is 15.3. The van der Waals surface area contributed by atoms with Crippen molar-refractivity contribution in [3.05, 3.63) is 33.8 Å². The van der Waals surface area contributed by atoms with Crippen LogP contribution in [0.3, 0.4) is 0 Å². The van der Waals surface area contributed by atoms with Gasteiger partial charge >= 0.3 is 0 Å². The number of nitrogens with zero attached hydrogens (tertiary/aromatic N) is 1. The summed E-state index contributed by atoms with van der Waals surface area (Å²) in [6.07, 6.45) is 0. The monoisotopic (exact) mass is 351 g/mol. The van der Waals surface area contributed by atoms with Crippen molar-refractivity contribution in [1.29, 1.82) is 0 Å². The molecule has 2 nitrogen and oxygen atoms in total. The number of halogens is 3. The molecule has 18 heavy (non-hydrogen) atoms. The van der Waals surface area contributed by atoms with E-state index >= 15 is 0 Å². The van der Waals surface area contributed by atoms with Crippen LogP contribution in [0, 0.1) is 5.92 Å². The molecule has 1 aromatic carbocycles. The van der Waals surface area contributed by atoms with E-state index in [1.807, 2.05) is 19.9 Å². The molecule has 0 N–H and O–H groups in total. The Morgan fingerprint density at radius 1 is 1.39 bits per heavy atom. The van der Waals surface area contributed by atoms with E-state index in [0.29, 0.717) is 16.6 Å². The van der Waals surface area contributed by atoms with Gasteiger partial charge in [0.15, 0.2) is 0 Å². The van der Waals surface area contributed by atoms with Gasteiger partial charge in [0.2, 0.25) is 5.91 Å². The Morgan fingerprint density at radius 2 is 2.00 bits per heavy atom. The molecule has 0 fully saturated rings. The molecule has 0 saturated carbocycles. The molecule has 1 rings (SSSR count). The lowest BCUT2D eigenvalue weighted by Gasteiger charge is -2.23. The second-order valence-electron chi connectivity index (χ2n) is 4.58. The quantitative estimate of drug-likeness (QED) is 0.736. The van der Waals surface area contributed by atoms with Crippen molar-refractivity contribution in [2.45, 2.75) is 25.2 Å². The second-order valence-corrected chi connectivity index (χ2v) is 6.41. The predicted octanol–water partition coefficient (Wildman–Crippen LogP) is 4.37. The van der Waals surface area contributed by atoms with Gasteiger partial charge in [-0.3, -0.25) is 4.79 Å². The number of rotatable bonds is 4. The van der Waals surface area contributed by atoms with Crippen molar-refractivity contribution in [2.24, 2.45) is 5.92 Å². The van der Waals surface area contributed by atoms with Crippen molar-refractivity contribution in [3.63, 3.8) is 0 Å². The summed E-state index contributed by atoms with van der Waals surface area (Å²) in [5.74, 6) is 0.302.